The van der Waals surface area contributed by atoms with E-state index in [1.54, 1.807) is 0 Å². The Morgan fingerprint density at radius 3 is 2.39 bits per heavy atom. The number of hydrogen-bond donors (Lipinski definition) is 1. The molecular formula is C18H12ClF6N5O3. The van der Waals surface area contributed by atoms with Crippen molar-refractivity contribution in [1.82, 2.24) is 25.4 Å². The fraction of sp³-hybridized carbons (Fsp3) is 0.278. The number of nitrogens with one attached hydrogen (secondary N) is 1. The predicted octanol–water partition coefficient (Wildman–Crippen LogP) is 4.46. The number of benzene rings is 1. The fourth-order valence-corrected chi connectivity index (χ4v) is 2.42. The first-order chi connectivity index (χ1) is 15.3. The van der Waals surface area contributed by atoms with E-state index in [4.69, 9.17) is 16.3 Å². The zero-order valence-electron chi connectivity index (χ0n) is 16.3. The zero-order chi connectivity index (χ0) is 24.4. The highest BCUT2D eigenvalue weighted by molar-refractivity contribution is 6.30. The quantitative estimate of drug-likeness (QED) is 0.504. The molecule has 0 radical (unpaired) electrons. The van der Waals surface area contributed by atoms with Crippen molar-refractivity contribution in [3.8, 4) is 17.1 Å². The van der Waals surface area contributed by atoms with E-state index in [1.807, 2.05) is 0 Å². The van der Waals surface area contributed by atoms with Gasteiger partial charge in [-0.25, -0.2) is 9.97 Å². The van der Waals surface area contributed by atoms with Gasteiger partial charge in [0.25, 0.3) is 11.7 Å². The first-order valence-corrected chi connectivity index (χ1v) is 9.26. The third-order valence-electron chi connectivity index (χ3n) is 3.96. The topological polar surface area (TPSA) is 103 Å². The maximum atomic E-state index is 12.9. The molecule has 3 rings (SSSR count). The second-order valence-electron chi connectivity index (χ2n) is 6.41. The molecule has 0 aliphatic heterocycles. The number of amides is 1. The number of hydrogen-bond acceptors (Lipinski definition) is 7. The Morgan fingerprint density at radius 1 is 1.15 bits per heavy atom. The lowest BCUT2D eigenvalue weighted by atomic mass is 10.1. The summed E-state index contributed by atoms with van der Waals surface area (Å²) >= 11 is 5.82. The minimum absolute atomic E-state index is 0.187. The van der Waals surface area contributed by atoms with Gasteiger partial charge in [-0.3, -0.25) is 4.79 Å². The molecular weight excluding hydrogens is 484 g/mol. The van der Waals surface area contributed by atoms with Crippen molar-refractivity contribution in [1.29, 1.82) is 0 Å². The molecule has 33 heavy (non-hydrogen) atoms. The normalized spacial score (nSPS) is 13.0. The summed E-state index contributed by atoms with van der Waals surface area (Å²) in [6.07, 6.45) is -10.9. The van der Waals surface area contributed by atoms with Gasteiger partial charge in [-0.15, -0.1) is 0 Å². The van der Waals surface area contributed by atoms with Gasteiger partial charge in [-0.1, -0.05) is 28.9 Å². The standard InChI is InChI=1S/C18H12ClF6N5O3/c1-8(17(20,21)22)32-15-13(9-2-4-10(19)5-3-9)28-11(6-27-15)14(31)26-7-12-29-16(30-33-12)18(23,24)25/h2-6,8H,7H2,1H3,(H,26,31)/t8-/m0/s1. The number of halogens is 7. The molecule has 2 aromatic heterocycles. The van der Waals surface area contributed by atoms with Gasteiger partial charge in [0.1, 0.15) is 11.4 Å². The maximum Gasteiger partial charge on any atom is 0.455 e. The van der Waals surface area contributed by atoms with E-state index in [0.717, 1.165) is 13.1 Å². The van der Waals surface area contributed by atoms with Gasteiger partial charge in [0.2, 0.25) is 11.8 Å². The lowest BCUT2D eigenvalue weighted by molar-refractivity contribution is -0.189. The summed E-state index contributed by atoms with van der Waals surface area (Å²) in [5.41, 5.74) is -0.298. The zero-order valence-corrected chi connectivity index (χ0v) is 17.1. The van der Waals surface area contributed by atoms with Crippen LogP contribution >= 0.6 is 11.6 Å². The average Bonchev–Trinajstić information content (AvgIpc) is 3.22. The Labute approximate surface area is 185 Å². The molecule has 0 aliphatic rings. The molecule has 176 valence electrons. The number of aromatic nitrogens is 4. The first-order valence-electron chi connectivity index (χ1n) is 8.89. The van der Waals surface area contributed by atoms with E-state index in [9.17, 15) is 31.1 Å². The van der Waals surface area contributed by atoms with Gasteiger partial charge in [-0.2, -0.15) is 31.3 Å². The van der Waals surface area contributed by atoms with E-state index in [-0.39, 0.29) is 17.0 Å². The molecule has 1 N–H and O–H groups in total. The molecule has 2 heterocycles. The number of ether oxygens (including phenoxy) is 1. The minimum atomic E-state index is -4.83. The van der Waals surface area contributed by atoms with Crippen LogP contribution in [0.2, 0.25) is 5.02 Å². The molecule has 0 aliphatic carbocycles. The lowest BCUT2D eigenvalue weighted by Gasteiger charge is -2.18. The number of nitrogens with zero attached hydrogens (tertiary/aromatic N) is 4. The Morgan fingerprint density at radius 2 is 1.82 bits per heavy atom. The van der Waals surface area contributed by atoms with Crippen molar-refractivity contribution in [3.63, 3.8) is 0 Å². The second kappa shape index (κ2) is 9.21. The minimum Gasteiger partial charge on any atom is -0.463 e. The van der Waals surface area contributed by atoms with Gasteiger partial charge in [-0.05, 0) is 19.1 Å². The third kappa shape index (κ3) is 6.09. The molecule has 15 heteroatoms. The Balaban J connectivity index is 1.84. The summed E-state index contributed by atoms with van der Waals surface area (Å²) in [5.74, 6) is -3.46. The van der Waals surface area contributed by atoms with Crippen molar-refractivity contribution < 1.29 is 40.4 Å². The average molecular weight is 496 g/mol. The van der Waals surface area contributed by atoms with Crippen LogP contribution in [0.25, 0.3) is 11.3 Å². The molecule has 1 aromatic carbocycles. The summed E-state index contributed by atoms with van der Waals surface area (Å²) in [5, 5.41) is 5.29. The highest BCUT2D eigenvalue weighted by Crippen LogP contribution is 2.31. The molecule has 0 fully saturated rings. The van der Waals surface area contributed by atoms with Crippen LogP contribution in [0.4, 0.5) is 26.3 Å². The van der Waals surface area contributed by atoms with Crippen molar-refractivity contribution in [2.24, 2.45) is 0 Å². The molecule has 8 nitrogen and oxygen atoms in total. The molecule has 0 saturated heterocycles. The Kier molecular flexibility index (Phi) is 6.76. The smallest absolute Gasteiger partial charge is 0.455 e. The Bertz CT molecular complexity index is 1130. The van der Waals surface area contributed by atoms with Crippen LogP contribution in [0, 0.1) is 0 Å². The number of rotatable bonds is 6. The highest BCUT2D eigenvalue weighted by atomic mass is 35.5. The Hall–Kier alpha value is -3.42. The van der Waals surface area contributed by atoms with Gasteiger partial charge in [0, 0.05) is 10.6 Å². The second-order valence-corrected chi connectivity index (χ2v) is 6.85. The first kappa shape index (κ1) is 24.2. The summed E-state index contributed by atoms with van der Waals surface area (Å²) in [7, 11) is 0. The maximum absolute atomic E-state index is 12.9. The van der Waals surface area contributed by atoms with Crippen LogP contribution in [0.1, 0.15) is 29.1 Å². The van der Waals surface area contributed by atoms with Crippen molar-refractivity contribution >= 4 is 17.5 Å². The van der Waals surface area contributed by atoms with Crippen molar-refractivity contribution in [2.75, 3.05) is 0 Å². The van der Waals surface area contributed by atoms with Crippen LogP contribution in [0.3, 0.4) is 0 Å². The van der Waals surface area contributed by atoms with Gasteiger partial charge in [0.15, 0.2) is 6.10 Å². The number of carbonyl (C=O) groups excluding carboxylic acids is 1. The van der Waals surface area contributed by atoms with Crippen LogP contribution < -0.4 is 10.1 Å². The molecule has 0 saturated carbocycles. The highest BCUT2D eigenvalue weighted by Gasteiger charge is 2.39. The van der Waals surface area contributed by atoms with E-state index < -0.39 is 48.5 Å². The molecule has 0 spiro atoms. The molecule has 3 aromatic rings. The molecule has 1 amide bonds. The van der Waals surface area contributed by atoms with E-state index in [1.165, 1.54) is 24.3 Å². The SMILES string of the molecule is C[C@H](Oc1ncc(C(=O)NCc2nc(C(F)(F)F)no2)nc1-c1ccc(Cl)cc1)C(F)(F)F. The predicted molar refractivity (Wildman–Crippen MR) is 99.1 cm³/mol. The summed E-state index contributed by atoms with van der Waals surface area (Å²) in [6, 6.07) is 5.73. The van der Waals surface area contributed by atoms with Crippen LogP contribution in [0.15, 0.2) is 35.0 Å². The number of carbonyl (C=O) groups is 1. The van der Waals surface area contributed by atoms with Crippen molar-refractivity contribution in [2.45, 2.75) is 31.9 Å². The van der Waals surface area contributed by atoms with Gasteiger partial charge < -0.3 is 14.6 Å². The molecule has 1 atom stereocenters. The van der Waals surface area contributed by atoms with E-state index in [2.05, 4.69) is 29.9 Å². The van der Waals surface area contributed by atoms with Crippen LogP contribution in [-0.4, -0.2) is 38.3 Å². The van der Waals surface area contributed by atoms with E-state index >= 15 is 0 Å². The van der Waals surface area contributed by atoms with Crippen LogP contribution in [-0.2, 0) is 12.7 Å². The van der Waals surface area contributed by atoms with Crippen molar-refractivity contribution in [3.05, 3.63) is 52.9 Å². The summed E-state index contributed by atoms with van der Waals surface area (Å²) in [4.78, 5) is 23.3. The molecule has 0 unspecified atom stereocenters. The summed E-state index contributed by atoms with van der Waals surface area (Å²) in [6.45, 7) is 0.205. The van der Waals surface area contributed by atoms with Crippen LogP contribution in [0.5, 0.6) is 5.88 Å². The summed E-state index contributed by atoms with van der Waals surface area (Å²) < 4.78 is 85.6. The molecule has 0 bridgehead atoms. The number of alkyl halides is 6. The monoisotopic (exact) mass is 495 g/mol. The third-order valence-corrected chi connectivity index (χ3v) is 4.21. The lowest BCUT2D eigenvalue weighted by Crippen LogP contribution is -2.32. The van der Waals surface area contributed by atoms with Gasteiger partial charge >= 0.3 is 12.4 Å². The fourth-order valence-electron chi connectivity index (χ4n) is 2.29. The largest absolute Gasteiger partial charge is 0.463 e. The van der Waals surface area contributed by atoms with E-state index in [0.29, 0.717) is 5.02 Å². The van der Waals surface area contributed by atoms with Gasteiger partial charge in [0.05, 0.1) is 12.7 Å².